The van der Waals surface area contributed by atoms with E-state index in [0.717, 1.165) is 12.8 Å². The van der Waals surface area contributed by atoms with Crippen LogP contribution < -0.4 is 5.73 Å². The lowest BCUT2D eigenvalue weighted by atomic mass is 10.2. The minimum atomic E-state index is -0.161. The third-order valence-corrected chi connectivity index (χ3v) is 1.63. The first-order chi connectivity index (χ1) is 6.66. The summed E-state index contributed by atoms with van der Waals surface area (Å²) in [5.41, 5.74) is 5.30. The van der Waals surface area contributed by atoms with Gasteiger partial charge in [0.05, 0.1) is 12.7 Å². The molecule has 0 radical (unpaired) electrons. The van der Waals surface area contributed by atoms with E-state index in [1.165, 1.54) is 0 Å². The zero-order valence-electron chi connectivity index (χ0n) is 9.12. The molecule has 14 heavy (non-hydrogen) atoms. The van der Waals surface area contributed by atoms with Crippen molar-refractivity contribution in [3.8, 4) is 0 Å². The van der Waals surface area contributed by atoms with Crippen LogP contribution in [0.4, 0.5) is 0 Å². The molecule has 0 spiro atoms. The van der Waals surface area contributed by atoms with Crippen LogP contribution in [0.25, 0.3) is 0 Å². The highest BCUT2D eigenvalue weighted by atomic mass is 16.6. The van der Waals surface area contributed by atoms with Crippen LogP contribution in [0.1, 0.15) is 33.1 Å². The first-order valence-corrected chi connectivity index (χ1v) is 5.14. The lowest BCUT2D eigenvalue weighted by Gasteiger charge is -2.07. The molecule has 0 saturated heterocycles. The van der Waals surface area contributed by atoms with Crippen molar-refractivity contribution in [1.82, 2.24) is 0 Å². The topological polar surface area (TPSA) is 61.5 Å². The van der Waals surface area contributed by atoms with Gasteiger partial charge >= 0.3 is 5.97 Å². The molecule has 4 heteroatoms. The summed E-state index contributed by atoms with van der Waals surface area (Å²) in [6.07, 6.45) is 2.32. The van der Waals surface area contributed by atoms with Crippen LogP contribution in [-0.4, -0.2) is 31.8 Å². The van der Waals surface area contributed by atoms with Gasteiger partial charge in [0.15, 0.2) is 0 Å². The number of ether oxygens (including phenoxy) is 2. The predicted molar refractivity (Wildman–Crippen MR) is 55.0 cm³/mol. The summed E-state index contributed by atoms with van der Waals surface area (Å²) in [7, 11) is 0. The second-order valence-corrected chi connectivity index (χ2v) is 3.39. The smallest absolute Gasteiger partial charge is 0.305 e. The highest BCUT2D eigenvalue weighted by Crippen LogP contribution is 1.96. The van der Waals surface area contributed by atoms with Crippen molar-refractivity contribution >= 4 is 5.97 Å². The maximum atomic E-state index is 11.0. The first-order valence-electron chi connectivity index (χ1n) is 5.14. The van der Waals surface area contributed by atoms with Gasteiger partial charge in [-0.2, -0.15) is 0 Å². The van der Waals surface area contributed by atoms with E-state index in [2.05, 4.69) is 0 Å². The fourth-order valence-corrected chi connectivity index (χ4v) is 0.925. The minimum Gasteiger partial charge on any atom is -0.463 e. The summed E-state index contributed by atoms with van der Waals surface area (Å²) >= 11 is 0. The Bertz CT molecular complexity index is 148. The lowest BCUT2D eigenvalue weighted by Crippen LogP contribution is -2.13. The van der Waals surface area contributed by atoms with E-state index in [0.29, 0.717) is 26.2 Å². The van der Waals surface area contributed by atoms with Crippen molar-refractivity contribution in [2.24, 2.45) is 5.73 Å². The summed E-state index contributed by atoms with van der Waals surface area (Å²) in [6, 6.07) is 0. The monoisotopic (exact) mass is 203 g/mol. The number of carbonyl (C=O) groups is 1. The lowest BCUT2D eigenvalue weighted by molar-refractivity contribution is -0.145. The average molecular weight is 203 g/mol. The van der Waals surface area contributed by atoms with Crippen LogP contribution in [0, 0.1) is 0 Å². The Morgan fingerprint density at radius 3 is 2.57 bits per heavy atom. The van der Waals surface area contributed by atoms with Crippen molar-refractivity contribution in [1.29, 1.82) is 0 Å². The number of nitrogens with two attached hydrogens (primary N) is 1. The number of carbonyl (C=O) groups excluding carboxylic acids is 1. The van der Waals surface area contributed by atoms with E-state index < -0.39 is 0 Å². The van der Waals surface area contributed by atoms with Gasteiger partial charge in [-0.15, -0.1) is 0 Å². The molecular weight excluding hydrogens is 182 g/mol. The van der Waals surface area contributed by atoms with Crippen LogP contribution in [0.3, 0.4) is 0 Å². The van der Waals surface area contributed by atoms with E-state index in [-0.39, 0.29) is 12.1 Å². The average Bonchev–Trinajstić information content (AvgIpc) is 2.13. The Balaban J connectivity index is 3.18. The Morgan fingerprint density at radius 2 is 2.00 bits per heavy atom. The first kappa shape index (κ1) is 13.4. The molecule has 0 aliphatic carbocycles. The molecule has 0 amide bonds. The number of rotatable bonds is 8. The molecule has 0 aliphatic rings. The van der Waals surface area contributed by atoms with Crippen molar-refractivity contribution in [3.63, 3.8) is 0 Å². The number of hydrogen-bond acceptors (Lipinski definition) is 4. The molecule has 2 N–H and O–H groups in total. The quantitative estimate of drug-likeness (QED) is 0.473. The van der Waals surface area contributed by atoms with Crippen LogP contribution in [0.2, 0.25) is 0 Å². The van der Waals surface area contributed by atoms with Gasteiger partial charge < -0.3 is 15.2 Å². The standard InChI is InChI=1S/C10H21NO3/c1-9(2)13-7-8-14-10(12)5-3-4-6-11/h9H,3-8,11H2,1-2H3. The molecule has 0 rings (SSSR count). The van der Waals surface area contributed by atoms with Gasteiger partial charge in [0, 0.05) is 6.42 Å². The van der Waals surface area contributed by atoms with Crippen molar-refractivity contribution in [3.05, 3.63) is 0 Å². The number of hydrogen-bond donors (Lipinski definition) is 1. The Labute approximate surface area is 85.8 Å². The SMILES string of the molecule is CC(C)OCCOC(=O)CCCCN. The van der Waals surface area contributed by atoms with Gasteiger partial charge in [-0.3, -0.25) is 4.79 Å². The maximum absolute atomic E-state index is 11.0. The normalized spacial score (nSPS) is 10.6. The van der Waals surface area contributed by atoms with E-state index >= 15 is 0 Å². The summed E-state index contributed by atoms with van der Waals surface area (Å²) in [6.45, 7) is 5.34. The van der Waals surface area contributed by atoms with E-state index in [4.69, 9.17) is 15.2 Å². The highest BCUT2D eigenvalue weighted by molar-refractivity contribution is 5.69. The molecule has 0 atom stereocenters. The largest absolute Gasteiger partial charge is 0.463 e. The summed E-state index contributed by atoms with van der Waals surface area (Å²) < 4.78 is 10.2. The molecular formula is C10H21NO3. The molecule has 0 aliphatic heterocycles. The fraction of sp³-hybridized carbons (Fsp3) is 0.900. The second-order valence-electron chi connectivity index (χ2n) is 3.39. The van der Waals surface area contributed by atoms with Crippen LogP contribution in [-0.2, 0) is 14.3 Å². The van der Waals surface area contributed by atoms with E-state index in [1.807, 2.05) is 13.8 Å². The molecule has 0 aromatic heterocycles. The van der Waals surface area contributed by atoms with Crippen LogP contribution >= 0.6 is 0 Å². The van der Waals surface area contributed by atoms with Gasteiger partial charge in [0.2, 0.25) is 0 Å². The molecule has 0 bridgehead atoms. The van der Waals surface area contributed by atoms with E-state index in [1.54, 1.807) is 0 Å². The second kappa shape index (κ2) is 8.97. The molecule has 0 heterocycles. The molecule has 0 aromatic carbocycles. The summed E-state index contributed by atoms with van der Waals surface area (Å²) in [5.74, 6) is -0.161. The maximum Gasteiger partial charge on any atom is 0.305 e. The predicted octanol–water partition coefficient (Wildman–Crippen LogP) is 1.08. The van der Waals surface area contributed by atoms with Gasteiger partial charge in [0.1, 0.15) is 6.61 Å². The highest BCUT2D eigenvalue weighted by Gasteiger charge is 2.01. The van der Waals surface area contributed by atoms with Gasteiger partial charge in [-0.1, -0.05) is 0 Å². The number of unbranched alkanes of at least 4 members (excludes halogenated alkanes) is 1. The third kappa shape index (κ3) is 9.48. The molecule has 0 saturated carbocycles. The van der Waals surface area contributed by atoms with E-state index in [9.17, 15) is 4.79 Å². The molecule has 0 aromatic rings. The molecule has 4 nitrogen and oxygen atoms in total. The fourth-order valence-electron chi connectivity index (χ4n) is 0.925. The summed E-state index contributed by atoms with van der Waals surface area (Å²) in [4.78, 5) is 11.0. The van der Waals surface area contributed by atoms with Gasteiger partial charge in [0.25, 0.3) is 0 Å². The van der Waals surface area contributed by atoms with Gasteiger partial charge in [-0.05, 0) is 33.2 Å². The minimum absolute atomic E-state index is 0.161. The Kier molecular flexibility index (Phi) is 8.57. The van der Waals surface area contributed by atoms with Crippen molar-refractivity contribution in [2.75, 3.05) is 19.8 Å². The zero-order chi connectivity index (χ0) is 10.8. The molecule has 0 fully saturated rings. The van der Waals surface area contributed by atoms with Gasteiger partial charge in [-0.25, -0.2) is 0 Å². The number of esters is 1. The van der Waals surface area contributed by atoms with Crippen molar-refractivity contribution < 1.29 is 14.3 Å². The third-order valence-electron chi connectivity index (χ3n) is 1.63. The Hall–Kier alpha value is -0.610. The van der Waals surface area contributed by atoms with Crippen LogP contribution in [0.15, 0.2) is 0 Å². The summed E-state index contributed by atoms with van der Waals surface area (Å²) in [5, 5.41) is 0. The van der Waals surface area contributed by atoms with Crippen molar-refractivity contribution in [2.45, 2.75) is 39.2 Å². The van der Waals surface area contributed by atoms with Crippen LogP contribution in [0.5, 0.6) is 0 Å². The zero-order valence-corrected chi connectivity index (χ0v) is 9.12. The Morgan fingerprint density at radius 1 is 1.29 bits per heavy atom. The molecule has 84 valence electrons. The molecule has 0 unspecified atom stereocenters.